The van der Waals surface area contributed by atoms with Gasteiger partial charge < -0.3 is 21.9 Å². The lowest BCUT2D eigenvalue weighted by molar-refractivity contribution is -0.0000110. The van der Waals surface area contributed by atoms with E-state index in [9.17, 15) is 4.79 Å². The largest absolute Gasteiger partial charge is 1.00 e. The molecule has 1 fully saturated rings. The first-order valence-electron chi connectivity index (χ1n) is 4.82. The number of hydrogen-bond donors (Lipinski definition) is 1. The van der Waals surface area contributed by atoms with E-state index in [1.807, 2.05) is 35.2 Å². The van der Waals surface area contributed by atoms with Gasteiger partial charge in [-0.05, 0) is 0 Å². The molecule has 0 aromatic heterocycles. The van der Waals surface area contributed by atoms with Crippen LogP contribution < -0.4 is 17.0 Å². The fraction of sp³-hybridized carbons (Fsp3) is 0.273. The van der Waals surface area contributed by atoms with E-state index in [1.165, 1.54) is 11.8 Å². The zero-order valence-corrected chi connectivity index (χ0v) is 11.1. The second-order valence-electron chi connectivity index (χ2n) is 3.36. The summed E-state index contributed by atoms with van der Waals surface area (Å²) in [5.41, 5.74) is 0.724. The molecule has 0 atom stereocenters. The Morgan fingerprint density at radius 3 is 2.62 bits per heavy atom. The van der Waals surface area contributed by atoms with Crippen molar-refractivity contribution in [3.8, 4) is 0 Å². The molecule has 1 heterocycles. The third-order valence-corrected chi connectivity index (χ3v) is 3.24. The van der Waals surface area contributed by atoms with Crippen LogP contribution in [0.3, 0.4) is 0 Å². The van der Waals surface area contributed by atoms with E-state index >= 15 is 0 Å². The maximum atomic E-state index is 11.8. The van der Waals surface area contributed by atoms with Crippen LogP contribution in [0, 0.1) is 5.41 Å². The number of amidine groups is 1. The van der Waals surface area contributed by atoms with Crippen LogP contribution in [0.15, 0.2) is 30.3 Å². The van der Waals surface area contributed by atoms with Crippen molar-refractivity contribution >= 4 is 22.7 Å². The zero-order valence-electron chi connectivity index (χ0n) is 8.65. The van der Waals surface area contributed by atoms with Crippen LogP contribution in [0.25, 0.3) is 0 Å². The highest BCUT2D eigenvalue weighted by Crippen LogP contribution is 2.16. The summed E-state index contributed by atoms with van der Waals surface area (Å²) in [5.74, 6) is 1.00. The van der Waals surface area contributed by atoms with E-state index in [0.717, 1.165) is 17.9 Å². The smallest absolute Gasteiger partial charge is 0.182 e. The first-order valence-corrected chi connectivity index (χ1v) is 5.80. The number of nitrogens with zero attached hydrogens (tertiary/aromatic N) is 1. The second-order valence-corrected chi connectivity index (χ2v) is 4.45. The van der Waals surface area contributed by atoms with E-state index in [1.54, 1.807) is 0 Å². The molecule has 0 aliphatic carbocycles. The summed E-state index contributed by atoms with van der Waals surface area (Å²) >= 11 is 1.50. The molecule has 0 unspecified atom stereocenters. The number of carbonyl (C=O) groups excluding carboxylic acids is 1. The molecule has 0 amide bonds. The lowest BCUT2D eigenvalue weighted by Gasteiger charge is -2.15. The third-order valence-electron chi connectivity index (χ3n) is 2.32. The van der Waals surface area contributed by atoms with Crippen molar-refractivity contribution in [1.29, 1.82) is 5.41 Å². The Balaban J connectivity index is 0.00000128. The first-order chi connectivity index (χ1) is 7.27. The summed E-state index contributed by atoms with van der Waals surface area (Å²) in [6.45, 7) is 1.14. The number of rotatable bonds is 3. The van der Waals surface area contributed by atoms with Crippen molar-refractivity contribution in [2.75, 3.05) is 18.8 Å². The fourth-order valence-corrected chi connectivity index (χ4v) is 2.33. The molecule has 0 bridgehead atoms. The van der Waals surface area contributed by atoms with Gasteiger partial charge in [0, 0.05) is 17.9 Å². The van der Waals surface area contributed by atoms with E-state index in [4.69, 9.17) is 5.41 Å². The van der Waals surface area contributed by atoms with Crippen molar-refractivity contribution in [3.63, 3.8) is 0 Å². The standard InChI is InChI=1S/C11H12N2OS.BrH/c12-11-13(6-7-15-11)8-10(14)9-4-2-1-3-5-9;/h1-5,12H,6-8H2;1H/p-1. The lowest BCUT2D eigenvalue weighted by atomic mass is 10.1. The summed E-state index contributed by atoms with van der Waals surface area (Å²) in [6.07, 6.45) is 0. The maximum absolute atomic E-state index is 11.8. The number of thioether (sulfide) groups is 1. The Bertz CT molecular complexity index is 383. The monoisotopic (exact) mass is 299 g/mol. The van der Waals surface area contributed by atoms with E-state index in [-0.39, 0.29) is 22.8 Å². The van der Waals surface area contributed by atoms with Gasteiger partial charge in [0.1, 0.15) is 0 Å². The summed E-state index contributed by atoms with van der Waals surface area (Å²) < 4.78 is 0. The molecular weight excluding hydrogens is 288 g/mol. The first kappa shape index (κ1) is 13.3. The minimum Gasteiger partial charge on any atom is -1.00 e. The van der Waals surface area contributed by atoms with Gasteiger partial charge in [0.2, 0.25) is 0 Å². The number of nitrogens with one attached hydrogen (secondary N) is 1. The molecule has 1 aliphatic rings. The predicted molar refractivity (Wildman–Crippen MR) is 62.5 cm³/mol. The highest BCUT2D eigenvalue weighted by molar-refractivity contribution is 8.14. The highest BCUT2D eigenvalue weighted by Gasteiger charge is 2.20. The van der Waals surface area contributed by atoms with Gasteiger partial charge in [-0.25, -0.2) is 0 Å². The molecule has 0 saturated carbocycles. The number of Topliss-reactive ketones (excluding diaryl/α,β-unsaturated/α-hetero) is 1. The Kier molecular flexibility index (Phi) is 5.02. The molecule has 1 saturated heterocycles. The predicted octanol–water partition coefficient (Wildman–Crippen LogP) is -1.14. The second kappa shape index (κ2) is 6.06. The van der Waals surface area contributed by atoms with E-state index in [2.05, 4.69) is 0 Å². The molecule has 5 heteroatoms. The van der Waals surface area contributed by atoms with E-state index in [0.29, 0.717) is 11.7 Å². The number of carbonyl (C=O) groups is 1. The fourth-order valence-electron chi connectivity index (χ4n) is 1.48. The molecular formula is C11H12BrN2OS-. The average molecular weight is 300 g/mol. The maximum Gasteiger partial charge on any atom is 0.182 e. The summed E-state index contributed by atoms with van der Waals surface area (Å²) in [6, 6.07) is 9.24. The number of halogens is 1. The molecule has 1 aliphatic heterocycles. The van der Waals surface area contributed by atoms with Crippen LogP contribution in [-0.4, -0.2) is 34.7 Å². The summed E-state index contributed by atoms with van der Waals surface area (Å²) in [5, 5.41) is 8.11. The molecule has 0 radical (unpaired) electrons. The number of benzene rings is 1. The Labute approximate surface area is 109 Å². The summed E-state index contributed by atoms with van der Waals surface area (Å²) in [4.78, 5) is 13.6. The van der Waals surface area contributed by atoms with Gasteiger partial charge in [0.15, 0.2) is 11.0 Å². The third kappa shape index (κ3) is 3.09. The minimum absolute atomic E-state index is 0. The van der Waals surface area contributed by atoms with Crippen LogP contribution in [0.1, 0.15) is 10.4 Å². The number of hydrogen-bond acceptors (Lipinski definition) is 3. The van der Waals surface area contributed by atoms with Crippen molar-refractivity contribution in [3.05, 3.63) is 35.9 Å². The van der Waals surface area contributed by atoms with Crippen molar-refractivity contribution in [2.24, 2.45) is 0 Å². The van der Waals surface area contributed by atoms with Gasteiger partial charge in [-0.3, -0.25) is 10.2 Å². The quantitative estimate of drug-likeness (QED) is 0.718. The van der Waals surface area contributed by atoms with Crippen LogP contribution in [-0.2, 0) is 0 Å². The molecule has 16 heavy (non-hydrogen) atoms. The molecule has 1 N–H and O–H groups in total. The molecule has 86 valence electrons. The van der Waals surface area contributed by atoms with Crippen LogP contribution in [0.2, 0.25) is 0 Å². The SMILES string of the molecule is N=C1SCCN1CC(=O)c1ccccc1.[Br-]. The lowest BCUT2D eigenvalue weighted by Crippen LogP contribution is -3.00. The van der Waals surface area contributed by atoms with Gasteiger partial charge >= 0.3 is 0 Å². The van der Waals surface area contributed by atoms with Crippen molar-refractivity contribution < 1.29 is 21.8 Å². The van der Waals surface area contributed by atoms with Gasteiger partial charge in [0.25, 0.3) is 0 Å². The van der Waals surface area contributed by atoms with Crippen LogP contribution in [0.4, 0.5) is 0 Å². The molecule has 1 aromatic carbocycles. The molecule has 1 aromatic rings. The van der Waals surface area contributed by atoms with Gasteiger partial charge in [-0.2, -0.15) is 0 Å². The van der Waals surface area contributed by atoms with Crippen molar-refractivity contribution in [2.45, 2.75) is 0 Å². The van der Waals surface area contributed by atoms with Crippen molar-refractivity contribution in [1.82, 2.24) is 4.90 Å². The Morgan fingerprint density at radius 2 is 2.06 bits per heavy atom. The average Bonchev–Trinajstić information content (AvgIpc) is 2.66. The topological polar surface area (TPSA) is 44.2 Å². The summed E-state index contributed by atoms with van der Waals surface area (Å²) in [7, 11) is 0. The molecule has 2 rings (SSSR count). The van der Waals surface area contributed by atoms with Gasteiger partial charge in [-0.1, -0.05) is 42.1 Å². The zero-order chi connectivity index (χ0) is 10.7. The normalized spacial score (nSPS) is 14.8. The minimum atomic E-state index is 0. The van der Waals surface area contributed by atoms with Crippen LogP contribution >= 0.6 is 11.8 Å². The Morgan fingerprint density at radius 1 is 1.38 bits per heavy atom. The number of ketones is 1. The van der Waals surface area contributed by atoms with Gasteiger partial charge in [-0.15, -0.1) is 0 Å². The molecule has 3 nitrogen and oxygen atoms in total. The molecule has 0 spiro atoms. The Hall–Kier alpha value is -0.810. The van der Waals surface area contributed by atoms with Crippen LogP contribution in [0.5, 0.6) is 0 Å². The highest BCUT2D eigenvalue weighted by atomic mass is 79.9. The van der Waals surface area contributed by atoms with Gasteiger partial charge in [0.05, 0.1) is 6.54 Å². The van der Waals surface area contributed by atoms with E-state index < -0.39 is 0 Å².